The Morgan fingerprint density at radius 3 is 2.49 bits per heavy atom. The van der Waals surface area contributed by atoms with Crippen molar-refractivity contribution in [2.24, 2.45) is 0 Å². The Morgan fingerprint density at radius 1 is 1.00 bits per heavy atom. The van der Waals surface area contributed by atoms with E-state index in [2.05, 4.69) is 20.0 Å². The van der Waals surface area contributed by atoms with Crippen LogP contribution in [0.4, 0.5) is 5.69 Å². The summed E-state index contributed by atoms with van der Waals surface area (Å²) in [5.74, 6) is -2.05. The normalized spacial score (nSPS) is 12.2. The third-order valence-corrected chi connectivity index (χ3v) is 8.06. The maximum atomic E-state index is 13.3. The van der Waals surface area contributed by atoms with E-state index in [9.17, 15) is 23.1 Å². The summed E-state index contributed by atoms with van der Waals surface area (Å²) in [6, 6.07) is 12.4. The maximum absolute atomic E-state index is 13.3. The topological polar surface area (TPSA) is 138 Å². The first kappa shape index (κ1) is 27.0. The Labute approximate surface area is 235 Å². The molecule has 4 aromatic rings. The molecule has 0 aliphatic heterocycles. The van der Waals surface area contributed by atoms with Crippen molar-refractivity contribution in [3.63, 3.8) is 0 Å². The summed E-state index contributed by atoms with van der Waals surface area (Å²) >= 11 is 13.9. The molecule has 3 N–H and O–H groups in total. The molecule has 1 amide bonds. The third-order valence-electron chi connectivity index (χ3n) is 5.25. The molecule has 3 aromatic carbocycles. The molecule has 0 saturated carbocycles. The van der Waals surface area contributed by atoms with Crippen LogP contribution in [0.15, 0.2) is 71.9 Å². The van der Waals surface area contributed by atoms with Gasteiger partial charge in [-0.2, -0.15) is 0 Å². The van der Waals surface area contributed by atoms with Gasteiger partial charge in [0.05, 0.1) is 26.8 Å². The van der Waals surface area contributed by atoms with Crippen molar-refractivity contribution in [2.45, 2.75) is 17.4 Å². The van der Waals surface area contributed by atoms with Crippen molar-refractivity contribution in [3.05, 3.63) is 91.7 Å². The number of nitrogens with zero attached hydrogens (tertiary/aromatic N) is 2. The molecule has 0 aliphatic rings. The van der Waals surface area contributed by atoms with Crippen molar-refractivity contribution in [3.8, 4) is 0 Å². The fourth-order valence-corrected chi connectivity index (χ4v) is 5.57. The fourth-order valence-electron chi connectivity index (χ4n) is 3.52. The van der Waals surface area contributed by atoms with Crippen molar-refractivity contribution in [2.75, 3.05) is 4.72 Å². The van der Waals surface area contributed by atoms with Crippen LogP contribution in [0.2, 0.25) is 10.0 Å². The van der Waals surface area contributed by atoms with Crippen molar-refractivity contribution < 1.29 is 23.1 Å². The summed E-state index contributed by atoms with van der Waals surface area (Å²) in [4.78, 5) is 33.2. The van der Waals surface area contributed by atoms with E-state index in [4.69, 9.17) is 23.2 Å². The number of aliphatic carboxylic acids is 1. The predicted molar refractivity (Wildman–Crippen MR) is 149 cm³/mol. The Morgan fingerprint density at radius 2 is 1.76 bits per heavy atom. The van der Waals surface area contributed by atoms with Gasteiger partial charge in [0.25, 0.3) is 15.9 Å². The van der Waals surface area contributed by atoms with Crippen molar-refractivity contribution >= 4 is 84.4 Å². The number of fused-ring (bicyclic) bond motifs is 1. The SMILES string of the molecule is O=C(N[C@H](Cc1ccc(Cl)c(Cl)c1)C(=O)O)c1ccc(I)cc1NS(=O)(=O)c1cccc2nccnc12. The zero-order chi connectivity index (χ0) is 26.7. The van der Waals surface area contributed by atoms with Gasteiger partial charge in [-0.3, -0.25) is 19.5 Å². The molecule has 0 aliphatic carbocycles. The van der Waals surface area contributed by atoms with Gasteiger partial charge in [-0.25, -0.2) is 13.2 Å². The minimum Gasteiger partial charge on any atom is -0.480 e. The molecule has 0 radical (unpaired) electrons. The smallest absolute Gasteiger partial charge is 0.326 e. The molecule has 190 valence electrons. The van der Waals surface area contributed by atoms with Crippen LogP contribution in [0.1, 0.15) is 15.9 Å². The highest BCUT2D eigenvalue weighted by molar-refractivity contribution is 14.1. The van der Waals surface area contributed by atoms with E-state index in [1.54, 1.807) is 18.2 Å². The molecule has 1 atom stereocenters. The molecule has 37 heavy (non-hydrogen) atoms. The van der Waals surface area contributed by atoms with E-state index in [-0.39, 0.29) is 33.1 Å². The zero-order valence-electron chi connectivity index (χ0n) is 18.7. The van der Waals surface area contributed by atoms with Gasteiger partial charge in [0.2, 0.25) is 0 Å². The first-order chi connectivity index (χ1) is 17.5. The number of rotatable bonds is 8. The van der Waals surface area contributed by atoms with Gasteiger partial charge in [-0.15, -0.1) is 0 Å². The average Bonchev–Trinajstić information content (AvgIpc) is 2.85. The van der Waals surface area contributed by atoms with E-state index >= 15 is 0 Å². The van der Waals surface area contributed by atoms with E-state index < -0.39 is 27.9 Å². The number of carboxylic acids is 1. The Kier molecular flexibility index (Phi) is 8.17. The number of benzene rings is 3. The number of hydrogen-bond donors (Lipinski definition) is 3. The summed E-state index contributed by atoms with van der Waals surface area (Å²) in [5.41, 5.74) is 1.02. The molecule has 0 saturated heterocycles. The summed E-state index contributed by atoms with van der Waals surface area (Å²) in [5, 5.41) is 12.7. The summed E-state index contributed by atoms with van der Waals surface area (Å²) in [7, 11) is -4.19. The number of sulfonamides is 1. The minimum absolute atomic E-state index is 0.0241. The lowest BCUT2D eigenvalue weighted by Gasteiger charge is -2.18. The van der Waals surface area contributed by atoms with Gasteiger partial charge < -0.3 is 10.4 Å². The zero-order valence-corrected chi connectivity index (χ0v) is 23.1. The van der Waals surface area contributed by atoms with Gasteiger partial charge in [0.15, 0.2) is 0 Å². The third kappa shape index (κ3) is 6.29. The summed E-state index contributed by atoms with van der Waals surface area (Å²) in [6.07, 6.45) is 2.76. The van der Waals surface area contributed by atoms with E-state index in [1.165, 1.54) is 48.8 Å². The molecular formula is C24H17Cl2IN4O5S. The summed E-state index contributed by atoms with van der Waals surface area (Å²) < 4.78 is 29.7. The second kappa shape index (κ2) is 11.2. The van der Waals surface area contributed by atoms with Crippen LogP contribution in [0, 0.1) is 3.57 Å². The van der Waals surface area contributed by atoms with Crippen LogP contribution in [0.5, 0.6) is 0 Å². The van der Waals surface area contributed by atoms with E-state index in [0.29, 0.717) is 19.7 Å². The number of carbonyl (C=O) groups excluding carboxylic acids is 1. The van der Waals surface area contributed by atoms with Crippen LogP contribution in [-0.2, 0) is 21.2 Å². The van der Waals surface area contributed by atoms with Crippen LogP contribution in [0.25, 0.3) is 11.0 Å². The van der Waals surface area contributed by atoms with Gasteiger partial charge >= 0.3 is 5.97 Å². The number of halogens is 3. The lowest BCUT2D eigenvalue weighted by atomic mass is 10.1. The lowest BCUT2D eigenvalue weighted by molar-refractivity contribution is -0.139. The molecule has 1 aromatic heterocycles. The molecular weight excluding hydrogens is 654 g/mol. The maximum Gasteiger partial charge on any atom is 0.326 e. The Bertz CT molecular complexity index is 1630. The minimum atomic E-state index is -4.19. The average molecular weight is 671 g/mol. The molecule has 4 rings (SSSR count). The monoisotopic (exact) mass is 670 g/mol. The second-order valence-electron chi connectivity index (χ2n) is 7.79. The fraction of sp³-hybridized carbons (Fsp3) is 0.0833. The predicted octanol–water partition coefficient (Wildman–Crippen LogP) is 4.77. The van der Waals surface area contributed by atoms with Gasteiger partial charge in [0.1, 0.15) is 16.5 Å². The highest BCUT2D eigenvalue weighted by atomic mass is 127. The molecule has 9 nitrogen and oxygen atoms in total. The first-order valence-electron chi connectivity index (χ1n) is 10.5. The quantitative estimate of drug-likeness (QED) is 0.230. The number of carbonyl (C=O) groups is 2. The lowest BCUT2D eigenvalue weighted by Crippen LogP contribution is -2.42. The second-order valence-corrected chi connectivity index (χ2v) is 11.5. The van der Waals surface area contributed by atoms with Crippen molar-refractivity contribution in [1.82, 2.24) is 15.3 Å². The van der Waals surface area contributed by atoms with Gasteiger partial charge in [-0.05, 0) is 70.6 Å². The Balaban J connectivity index is 1.63. The molecule has 0 unspecified atom stereocenters. The number of hydrogen-bond acceptors (Lipinski definition) is 6. The van der Waals surface area contributed by atoms with E-state index in [0.717, 1.165) is 0 Å². The number of carboxylic acid groups (broad SMARTS) is 1. The number of para-hydroxylation sites is 1. The molecule has 0 fully saturated rings. The van der Waals surface area contributed by atoms with Gasteiger partial charge in [-0.1, -0.05) is 35.3 Å². The largest absolute Gasteiger partial charge is 0.480 e. The standard InChI is InChI=1S/C24H17Cl2IN4O5S/c25-16-7-4-13(10-17(16)26)11-20(24(33)34)30-23(32)15-6-5-14(27)12-19(15)31-37(35,36)21-3-1-2-18-22(21)29-9-8-28-18/h1-10,12,20,31H,11H2,(H,30,32)(H,33,34)/t20-/m1/s1. The number of aromatic nitrogens is 2. The highest BCUT2D eigenvalue weighted by Crippen LogP contribution is 2.27. The molecule has 0 spiro atoms. The molecule has 0 bridgehead atoms. The Hall–Kier alpha value is -3.00. The van der Waals surface area contributed by atoms with Crippen LogP contribution < -0.4 is 10.0 Å². The van der Waals surface area contributed by atoms with Crippen molar-refractivity contribution in [1.29, 1.82) is 0 Å². The number of amides is 1. The summed E-state index contributed by atoms with van der Waals surface area (Å²) in [6.45, 7) is 0. The first-order valence-corrected chi connectivity index (χ1v) is 13.9. The van der Waals surface area contributed by atoms with E-state index in [1.807, 2.05) is 22.6 Å². The molecule has 13 heteroatoms. The van der Waals surface area contributed by atoms with Gasteiger partial charge in [0, 0.05) is 22.4 Å². The van der Waals surface area contributed by atoms with Crippen LogP contribution in [0.3, 0.4) is 0 Å². The molecule has 1 heterocycles. The van der Waals surface area contributed by atoms with Crippen LogP contribution in [-0.4, -0.2) is 41.4 Å². The highest BCUT2D eigenvalue weighted by Gasteiger charge is 2.25. The van der Waals surface area contributed by atoms with Crippen LogP contribution >= 0.6 is 45.8 Å². The number of nitrogens with one attached hydrogen (secondary N) is 2. The number of anilines is 1.